The number of aromatic nitrogens is 7. The van der Waals surface area contributed by atoms with Crippen LogP contribution in [0.3, 0.4) is 0 Å². The number of fused-ring (bicyclic) bond motifs is 1. The summed E-state index contributed by atoms with van der Waals surface area (Å²) in [5.41, 5.74) is 5.10. The van der Waals surface area contributed by atoms with E-state index >= 15 is 0 Å². The summed E-state index contributed by atoms with van der Waals surface area (Å²) in [6.45, 7) is 0.439. The maximum atomic E-state index is 14.3. The molecule has 1 fully saturated rings. The first-order valence-electron chi connectivity index (χ1n) is 13.0. The fourth-order valence-electron chi connectivity index (χ4n) is 4.84. The first kappa shape index (κ1) is 27.1. The highest BCUT2D eigenvalue weighted by atomic mass is 32.1. The Balaban J connectivity index is 1.56. The molecule has 9 nitrogen and oxygen atoms in total. The van der Waals surface area contributed by atoms with Crippen molar-refractivity contribution in [3.8, 4) is 28.3 Å². The average molecular weight is 585 g/mol. The molecule has 4 aromatic heterocycles. The van der Waals surface area contributed by atoms with Crippen LogP contribution in [0.15, 0.2) is 47.7 Å². The van der Waals surface area contributed by atoms with E-state index in [1.807, 2.05) is 0 Å². The van der Waals surface area contributed by atoms with Gasteiger partial charge in [0, 0.05) is 29.8 Å². The lowest BCUT2D eigenvalue weighted by atomic mass is 9.98. The molecule has 0 unspecified atom stereocenters. The van der Waals surface area contributed by atoms with E-state index in [1.165, 1.54) is 28.5 Å². The minimum absolute atomic E-state index is 0.00342. The van der Waals surface area contributed by atoms with Gasteiger partial charge >= 0.3 is 6.18 Å². The Labute approximate surface area is 236 Å². The predicted octanol–water partition coefficient (Wildman–Crippen LogP) is 5.04. The Morgan fingerprint density at radius 1 is 1.10 bits per heavy atom. The largest absolute Gasteiger partial charge is 0.419 e. The molecule has 6 rings (SSSR count). The van der Waals surface area contributed by atoms with Gasteiger partial charge in [0.05, 0.1) is 0 Å². The Morgan fingerprint density at radius 2 is 1.90 bits per heavy atom. The number of alkyl halides is 3. The van der Waals surface area contributed by atoms with Crippen LogP contribution in [-0.4, -0.2) is 40.2 Å². The van der Waals surface area contributed by atoms with Gasteiger partial charge in [-0.15, -0.1) is 10.2 Å². The summed E-state index contributed by atoms with van der Waals surface area (Å²) >= 11 is 4.30. The first-order valence-corrected chi connectivity index (χ1v) is 13.4. The standard InChI is InChI=1S/C27H24F4N8OS/c28-16-6-7-17(18(11-16)25-37-33-13-39(25)41)15-9-20(14-4-5-14)34-22(10-15)38-12-19(27(29,30)31)23-24(26(38)40)36-21(35-23)3-1-2-8-32/h6-7,9-14,41H,1-5,8,32H2,(H,35,36). The van der Waals surface area contributed by atoms with Gasteiger partial charge < -0.3 is 10.7 Å². The molecule has 0 radical (unpaired) electrons. The highest BCUT2D eigenvalue weighted by molar-refractivity contribution is 7.78. The maximum absolute atomic E-state index is 14.3. The van der Waals surface area contributed by atoms with Crippen LogP contribution in [0.4, 0.5) is 17.6 Å². The molecule has 5 aromatic rings. The SMILES string of the molecule is NCCCCc1nc2c(C(F)(F)F)cn(-c3cc(-c4ccc(F)cc4-c4nncn4S)cc(C4CC4)n3)c(=O)c2[nH]1. The van der Waals surface area contributed by atoms with E-state index in [-0.39, 0.29) is 28.9 Å². The summed E-state index contributed by atoms with van der Waals surface area (Å²) in [6.07, 6.45) is 0.650. The molecule has 0 aliphatic heterocycles. The number of nitrogens with one attached hydrogen (secondary N) is 1. The Kier molecular flexibility index (Phi) is 6.90. The van der Waals surface area contributed by atoms with Gasteiger partial charge in [-0.05, 0) is 67.6 Å². The van der Waals surface area contributed by atoms with Crippen LogP contribution in [0.25, 0.3) is 39.4 Å². The summed E-state index contributed by atoms with van der Waals surface area (Å²) in [5, 5.41) is 7.85. The zero-order chi connectivity index (χ0) is 28.9. The number of benzene rings is 1. The Hall–Kier alpha value is -4.04. The second-order valence-electron chi connectivity index (χ2n) is 9.97. The molecule has 41 heavy (non-hydrogen) atoms. The highest BCUT2D eigenvalue weighted by Crippen LogP contribution is 2.42. The van der Waals surface area contributed by atoms with Crippen molar-refractivity contribution in [2.75, 3.05) is 6.54 Å². The van der Waals surface area contributed by atoms with Crippen LogP contribution in [0.5, 0.6) is 0 Å². The number of imidazole rings is 1. The van der Waals surface area contributed by atoms with Gasteiger partial charge in [-0.1, -0.05) is 18.9 Å². The number of aromatic amines is 1. The van der Waals surface area contributed by atoms with Gasteiger partial charge in [-0.3, -0.25) is 13.3 Å². The van der Waals surface area contributed by atoms with Gasteiger partial charge in [0.25, 0.3) is 5.56 Å². The van der Waals surface area contributed by atoms with Gasteiger partial charge in [-0.25, -0.2) is 14.4 Å². The fraction of sp³-hybridized carbons (Fsp3) is 0.296. The summed E-state index contributed by atoms with van der Waals surface area (Å²) in [5.74, 6) is 0.125. The van der Waals surface area contributed by atoms with E-state index in [1.54, 1.807) is 12.1 Å². The van der Waals surface area contributed by atoms with E-state index in [0.717, 1.165) is 23.6 Å². The summed E-state index contributed by atoms with van der Waals surface area (Å²) < 4.78 is 59.3. The number of aryl methyl sites for hydroxylation is 1. The fourth-order valence-corrected chi connectivity index (χ4v) is 5.03. The van der Waals surface area contributed by atoms with Gasteiger partial charge in [0.1, 0.15) is 40.4 Å². The molecular weight excluding hydrogens is 560 g/mol. The molecule has 1 aliphatic rings. The lowest BCUT2D eigenvalue weighted by molar-refractivity contribution is -0.136. The average Bonchev–Trinajstić information content (AvgIpc) is 3.56. The third-order valence-corrected chi connectivity index (χ3v) is 7.30. The summed E-state index contributed by atoms with van der Waals surface area (Å²) in [4.78, 5) is 25.1. The lowest BCUT2D eigenvalue weighted by Gasteiger charge is -2.15. The number of hydrogen-bond acceptors (Lipinski definition) is 7. The molecule has 1 aliphatic carbocycles. The van der Waals surface area contributed by atoms with Gasteiger partial charge in [0.15, 0.2) is 5.82 Å². The minimum atomic E-state index is -4.78. The zero-order valence-electron chi connectivity index (χ0n) is 21.5. The molecule has 0 spiro atoms. The van der Waals surface area contributed by atoms with Crippen molar-refractivity contribution in [1.82, 2.24) is 33.7 Å². The second kappa shape index (κ2) is 10.4. The van der Waals surface area contributed by atoms with Crippen molar-refractivity contribution in [2.45, 2.75) is 44.2 Å². The number of nitrogens with two attached hydrogens (primary N) is 1. The maximum Gasteiger partial charge on any atom is 0.419 e. The van der Waals surface area contributed by atoms with E-state index < -0.39 is 28.6 Å². The molecule has 212 valence electrons. The van der Waals surface area contributed by atoms with Crippen LogP contribution in [0, 0.1) is 5.82 Å². The quantitative estimate of drug-likeness (QED) is 0.134. The molecule has 3 N–H and O–H groups in total. The molecule has 0 amide bonds. The third kappa shape index (κ3) is 5.24. The number of unbranched alkanes of at least 4 members (excludes halogenated alkanes) is 1. The van der Waals surface area contributed by atoms with Crippen molar-refractivity contribution in [3.63, 3.8) is 0 Å². The number of rotatable bonds is 8. The Morgan fingerprint density at radius 3 is 2.59 bits per heavy atom. The predicted molar refractivity (Wildman–Crippen MR) is 147 cm³/mol. The highest BCUT2D eigenvalue weighted by Gasteiger charge is 2.36. The normalized spacial score (nSPS) is 13.8. The molecule has 1 saturated carbocycles. The van der Waals surface area contributed by atoms with Crippen LogP contribution in [0.1, 0.15) is 48.7 Å². The molecule has 1 aromatic carbocycles. The monoisotopic (exact) mass is 584 g/mol. The van der Waals surface area contributed by atoms with E-state index in [4.69, 9.17) is 5.73 Å². The van der Waals surface area contributed by atoms with Crippen molar-refractivity contribution in [3.05, 3.63) is 76.1 Å². The summed E-state index contributed by atoms with van der Waals surface area (Å²) in [6, 6.07) is 7.40. The third-order valence-electron chi connectivity index (χ3n) is 7.01. The second-order valence-corrected chi connectivity index (χ2v) is 10.4. The Bertz CT molecular complexity index is 1820. The number of H-pyrrole nitrogens is 1. The number of thiol groups is 1. The van der Waals surface area contributed by atoms with E-state index in [9.17, 15) is 22.4 Å². The van der Waals surface area contributed by atoms with Gasteiger partial charge in [0.2, 0.25) is 0 Å². The first-order chi connectivity index (χ1) is 19.6. The van der Waals surface area contributed by atoms with Crippen molar-refractivity contribution in [2.24, 2.45) is 5.73 Å². The van der Waals surface area contributed by atoms with Crippen LogP contribution < -0.4 is 11.3 Å². The molecule has 14 heteroatoms. The van der Waals surface area contributed by atoms with E-state index in [2.05, 4.69) is 38.0 Å². The molecule has 0 atom stereocenters. The molecular formula is C27H24F4N8OS. The topological polar surface area (TPSA) is 120 Å². The molecule has 0 saturated heterocycles. The smallest absolute Gasteiger partial charge is 0.337 e. The van der Waals surface area contributed by atoms with Crippen LogP contribution >= 0.6 is 12.8 Å². The van der Waals surface area contributed by atoms with Crippen LogP contribution in [-0.2, 0) is 12.6 Å². The number of halogens is 4. The van der Waals surface area contributed by atoms with Crippen molar-refractivity contribution >= 4 is 23.8 Å². The molecule has 4 heterocycles. The van der Waals surface area contributed by atoms with Crippen molar-refractivity contribution in [1.29, 1.82) is 0 Å². The number of pyridine rings is 2. The minimum Gasteiger partial charge on any atom is -0.337 e. The number of nitrogens with zero attached hydrogens (tertiary/aromatic N) is 6. The molecule has 0 bridgehead atoms. The number of hydrogen-bond donors (Lipinski definition) is 3. The zero-order valence-corrected chi connectivity index (χ0v) is 22.4. The van der Waals surface area contributed by atoms with Crippen LogP contribution in [0.2, 0.25) is 0 Å². The summed E-state index contributed by atoms with van der Waals surface area (Å²) in [7, 11) is 0. The van der Waals surface area contributed by atoms with Gasteiger partial charge in [-0.2, -0.15) is 13.2 Å². The van der Waals surface area contributed by atoms with Crippen molar-refractivity contribution < 1.29 is 17.6 Å². The lowest BCUT2D eigenvalue weighted by Crippen LogP contribution is -2.23. The van der Waals surface area contributed by atoms with E-state index in [0.29, 0.717) is 48.2 Å².